The van der Waals surface area contributed by atoms with E-state index < -0.39 is 0 Å². The van der Waals surface area contributed by atoms with Gasteiger partial charge in [-0.1, -0.05) is 60.3 Å². The molecule has 24 heavy (non-hydrogen) atoms. The van der Waals surface area contributed by atoms with Gasteiger partial charge in [0.15, 0.2) is 0 Å². The van der Waals surface area contributed by atoms with E-state index >= 15 is 0 Å². The van der Waals surface area contributed by atoms with Crippen LogP contribution in [0.3, 0.4) is 0 Å². The van der Waals surface area contributed by atoms with Gasteiger partial charge in [-0.15, -0.1) is 6.42 Å². The van der Waals surface area contributed by atoms with E-state index in [0.717, 1.165) is 17.7 Å². The minimum Gasteiger partial charge on any atom is -0.401 e. The molecule has 1 atom stereocenters. The van der Waals surface area contributed by atoms with Crippen LogP contribution in [-0.2, 0) is 0 Å². The molecule has 0 saturated heterocycles. The van der Waals surface area contributed by atoms with Crippen LogP contribution < -0.4 is 5.73 Å². The van der Waals surface area contributed by atoms with Gasteiger partial charge in [0.2, 0.25) is 0 Å². The molecule has 0 aliphatic heterocycles. The molecule has 2 aliphatic carbocycles. The summed E-state index contributed by atoms with van der Waals surface area (Å²) in [6.45, 7) is 0. The molecule has 1 unspecified atom stereocenters. The predicted molar refractivity (Wildman–Crippen MR) is 104 cm³/mol. The van der Waals surface area contributed by atoms with Crippen LogP contribution in [0.1, 0.15) is 38.5 Å². The Bertz CT molecular complexity index is 705. The summed E-state index contributed by atoms with van der Waals surface area (Å²) in [6, 6.07) is 0. The van der Waals surface area contributed by atoms with Gasteiger partial charge in [-0.3, -0.25) is 0 Å². The number of hydrogen-bond acceptors (Lipinski definition) is 1. The fraction of sp³-hybridized carbons (Fsp3) is 0.304. The zero-order valence-electron chi connectivity index (χ0n) is 14.2. The molecule has 0 fully saturated rings. The zero-order chi connectivity index (χ0) is 17.0. The summed E-state index contributed by atoms with van der Waals surface area (Å²) in [5.74, 6) is 9.01. The first kappa shape index (κ1) is 17.7. The van der Waals surface area contributed by atoms with Crippen molar-refractivity contribution in [2.75, 3.05) is 0 Å². The Balaban J connectivity index is 2.07. The van der Waals surface area contributed by atoms with Gasteiger partial charge in [-0.25, -0.2) is 0 Å². The molecule has 0 heterocycles. The molecule has 2 rings (SSSR count). The molecule has 0 spiro atoms. The molecule has 0 aromatic heterocycles. The highest BCUT2D eigenvalue weighted by Gasteiger charge is 2.06. The summed E-state index contributed by atoms with van der Waals surface area (Å²) in [6.07, 6.45) is 30.8. The second-order valence-electron chi connectivity index (χ2n) is 5.99. The van der Waals surface area contributed by atoms with Crippen molar-refractivity contribution in [1.29, 1.82) is 0 Å². The maximum absolute atomic E-state index is 5.80. The normalized spacial score (nSPS) is 28.5. The lowest BCUT2D eigenvalue weighted by atomic mass is 9.95. The Labute approximate surface area is 146 Å². The van der Waals surface area contributed by atoms with E-state index in [1.807, 2.05) is 18.2 Å². The largest absolute Gasteiger partial charge is 0.401 e. The van der Waals surface area contributed by atoms with Crippen molar-refractivity contribution in [3.8, 4) is 24.2 Å². The highest BCUT2D eigenvalue weighted by atomic mass is 14.6. The topological polar surface area (TPSA) is 26.0 Å². The quantitative estimate of drug-likeness (QED) is 0.575. The van der Waals surface area contributed by atoms with Crippen molar-refractivity contribution >= 4 is 0 Å². The van der Waals surface area contributed by atoms with Crippen LogP contribution in [0.4, 0.5) is 0 Å². The van der Waals surface area contributed by atoms with Crippen LogP contribution in [-0.4, -0.2) is 0 Å². The summed E-state index contributed by atoms with van der Waals surface area (Å²) in [7, 11) is 0. The fourth-order valence-electron chi connectivity index (χ4n) is 2.67. The van der Waals surface area contributed by atoms with Gasteiger partial charge in [0.1, 0.15) is 0 Å². The van der Waals surface area contributed by atoms with E-state index in [2.05, 4.69) is 48.1 Å². The minimum atomic E-state index is 0.0171. The predicted octanol–water partition coefficient (Wildman–Crippen LogP) is 4.97. The molecule has 1 nitrogen and oxygen atoms in total. The molecule has 0 amide bonds. The van der Waals surface area contributed by atoms with Crippen LogP contribution in [0.5, 0.6) is 0 Å². The maximum atomic E-state index is 5.80. The first-order chi connectivity index (χ1) is 11.8. The molecule has 0 radical (unpaired) electrons. The van der Waals surface area contributed by atoms with E-state index in [-0.39, 0.29) is 5.92 Å². The maximum Gasteiger partial charge on any atom is 0.0642 e. The van der Waals surface area contributed by atoms with Crippen molar-refractivity contribution in [2.45, 2.75) is 38.5 Å². The number of rotatable bonds is 4. The monoisotopic (exact) mass is 315 g/mol. The van der Waals surface area contributed by atoms with Crippen molar-refractivity contribution in [3.63, 3.8) is 0 Å². The number of nitrogens with two attached hydrogens (primary N) is 1. The Morgan fingerprint density at radius 2 is 2.25 bits per heavy atom. The first-order valence-electron chi connectivity index (χ1n) is 8.59. The smallest absolute Gasteiger partial charge is 0.0642 e. The third kappa shape index (κ3) is 6.23. The molecule has 0 saturated carbocycles. The van der Waals surface area contributed by atoms with E-state index in [9.17, 15) is 0 Å². The van der Waals surface area contributed by atoms with Gasteiger partial charge >= 0.3 is 0 Å². The standard InChI is InChI=1S/C23H25N/c1-2-11-21(22-16-9-18-23(24)19-10-17-22)15-8-14-20-12-6-4-3-5-7-13-20/h1,6,8-9,11-13,15-16,18,22H,3-5,7,14,19,24H2/b12-6-,15-8-,16-9-,20-13+,21-11+,23-18+. The lowest BCUT2D eigenvalue weighted by molar-refractivity contribution is 0.753. The van der Waals surface area contributed by atoms with Crippen LogP contribution in [0, 0.1) is 30.1 Å². The Morgan fingerprint density at radius 3 is 3.12 bits per heavy atom. The average molecular weight is 315 g/mol. The van der Waals surface area contributed by atoms with Crippen LogP contribution in [0.2, 0.25) is 0 Å². The van der Waals surface area contributed by atoms with Gasteiger partial charge in [-0.2, -0.15) is 0 Å². The van der Waals surface area contributed by atoms with Gasteiger partial charge < -0.3 is 5.73 Å². The third-order valence-electron chi connectivity index (χ3n) is 4.00. The van der Waals surface area contributed by atoms with Gasteiger partial charge in [0.05, 0.1) is 5.92 Å². The molecule has 122 valence electrons. The molecule has 0 aromatic rings. The molecule has 1 heteroatoms. The zero-order valence-corrected chi connectivity index (χ0v) is 14.2. The van der Waals surface area contributed by atoms with Crippen LogP contribution in [0.15, 0.2) is 71.5 Å². The van der Waals surface area contributed by atoms with Gasteiger partial charge in [-0.05, 0) is 55.4 Å². The second kappa shape index (κ2) is 10.2. The van der Waals surface area contributed by atoms with Gasteiger partial charge in [0.25, 0.3) is 0 Å². The summed E-state index contributed by atoms with van der Waals surface area (Å²) in [5, 5.41) is 0. The van der Waals surface area contributed by atoms with Crippen LogP contribution >= 0.6 is 0 Å². The summed E-state index contributed by atoms with van der Waals surface area (Å²) in [4.78, 5) is 0. The van der Waals surface area contributed by atoms with E-state index in [1.54, 1.807) is 6.08 Å². The minimum absolute atomic E-state index is 0.0171. The van der Waals surface area contributed by atoms with Crippen molar-refractivity contribution in [1.82, 2.24) is 0 Å². The van der Waals surface area contributed by atoms with Gasteiger partial charge in [0, 0.05) is 12.1 Å². The first-order valence-corrected chi connectivity index (χ1v) is 8.59. The van der Waals surface area contributed by atoms with E-state index in [1.165, 1.54) is 31.3 Å². The molecular formula is C23H25N. The Kier molecular flexibility index (Phi) is 7.52. The highest BCUT2D eigenvalue weighted by molar-refractivity contribution is 5.40. The highest BCUT2D eigenvalue weighted by Crippen LogP contribution is 2.18. The molecule has 2 N–H and O–H groups in total. The summed E-state index contributed by atoms with van der Waals surface area (Å²) >= 11 is 0. The average Bonchev–Trinajstić information content (AvgIpc) is 2.52. The SMILES string of the molecule is C#C/C=C(\C=C/CC1=C/CCCC/C=C\1)C1C#CC/C(N)=C\C=C/1. The molecule has 0 bridgehead atoms. The molecule has 2 aliphatic rings. The second-order valence-corrected chi connectivity index (χ2v) is 5.99. The number of allylic oxidation sites excluding steroid dienone is 12. The van der Waals surface area contributed by atoms with E-state index in [0.29, 0.717) is 6.42 Å². The molecule has 0 aromatic carbocycles. The summed E-state index contributed by atoms with van der Waals surface area (Å²) < 4.78 is 0. The number of hydrogen-bond donors (Lipinski definition) is 1. The third-order valence-corrected chi connectivity index (χ3v) is 4.00. The summed E-state index contributed by atoms with van der Waals surface area (Å²) in [5.41, 5.74) is 9.02. The van der Waals surface area contributed by atoms with E-state index in [4.69, 9.17) is 12.2 Å². The van der Waals surface area contributed by atoms with Crippen molar-refractivity contribution < 1.29 is 0 Å². The lowest BCUT2D eigenvalue weighted by Crippen LogP contribution is -2.00. The molecular weight excluding hydrogens is 290 g/mol. The fourth-order valence-corrected chi connectivity index (χ4v) is 2.67. The Morgan fingerprint density at radius 1 is 1.38 bits per heavy atom. The van der Waals surface area contributed by atoms with Crippen LogP contribution in [0.25, 0.3) is 0 Å². The van der Waals surface area contributed by atoms with Crippen molar-refractivity contribution in [2.24, 2.45) is 11.7 Å². The lowest BCUT2D eigenvalue weighted by Gasteiger charge is -2.08. The Hall–Kier alpha value is -2.64. The van der Waals surface area contributed by atoms with Crippen molar-refractivity contribution in [3.05, 3.63) is 71.5 Å². The number of terminal acetylenes is 1.